The van der Waals surface area contributed by atoms with E-state index in [4.69, 9.17) is 4.74 Å². The Kier molecular flexibility index (Phi) is 3.96. The standard InChI is InChI=1S/C23H19NO3S/c1-15-12-20(22-19-8-4-5-9-21(19)28(25,26)24-22)23(27-14-15)18-11-10-16-6-2-3-7-17(16)13-18/h2-11,13,20,23H,1,12,14H2/t20-,23-/m1/s1. The number of rotatable bonds is 2. The molecule has 5 rings (SSSR count). The van der Waals surface area contributed by atoms with Crippen molar-refractivity contribution in [2.24, 2.45) is 10.3 Å². The normalized spacial score (nSPS) is 23.4. The van der Waals surface area contributed by atoms with Crippen LogP contribution in [0.25, 0.3) is 10.8 Å². The van der Waals surface area contributed by atoms with Crippen molar-refractivity contribution in [1.29, 1.82) is 0 Å². The van der Waals surface area contributed by atoms with Crippen LogP contribution in [0.1, 0.15) is 23.7 Å². The lowest BCUT2D eigenvalue weighted by Gasteiger charge is -2.33. The summed E-state index contributed by atoms with van der Waals surface area (Å²) in [5.41, 5.74) is 3.23. The van der Waals surface area contributed by atoms with Crippen LogP contribution in [0.2, 0.25) is 0 Å². The SMILES string of the molecule is C=C1CO[C@H](c2ccc3ccccc3c2)[C@@H](C2=NS(=O)(=O)c3ccccc32)C1. The Bertz CT molecular complexity index is 1240. The molecule has 5 heteroatoms. The second-order valence-electron chi connectivity index (χ2n) is 7.35. The molecule has 1 saturated heterocycles. The largest absolute Gasteiger partial charge is 0.368 e. The van der Waals surface area contributed by atoms with Crippen molar-refractivity contribution in [3.05, 3.63) is 90.0 Å². The first kappa shape index (κ1) is 17.3. The summed E-state index contributed by atoms with van der Waals surface area (Å²) in [6.07, 6.45) is 0.385. The summed E-state index contributed by atoms with van der Waals surface area (Å²) in [5.74, 6) is -0.194. The van der Waals surface area contributed by atoms with Crippen LogP contribution in [-0.4, -0.2) is 20.7 Å². The maximum Gasteiger partial charge on any atom is 0.283 e. The Morgan fingerprint density at radius 3 is 2.57 bits per heavy atom. The first-order valence-corrected chi connectivity index (χ1v) is 10.7. The molecule has 2 aliphatic rings. The highest BCUT2D eigenvalue weighted by Gasteiger charge is 2.39. The fourth-order valence-corrected chi connectivity index (χ4v) is 5.44. The van der Waals surface area contributed by atoms with Gasteiger partial charge in [0.2, 0.25) is 0 Å². The summed E-state index contributed by atoms with van der Waals surface area (Å²) < 4.78 is 35.4. The minimum atomic E-state index is -3.66. The van der Waals surface area contributed by atoms with Gasteiger partial charge in [-0.25, -0.2) is 0 Å². The molecule has 0 unspecified atom stereocenters. The lowest BCUT2D eigenvalue weighted by Crippen LogP contribution is -2.30. The summed E-state index contributed by atoms with van der Waals surface area (Å²) in [7, 11) is -3.66. The van der Waals surface area contributed by atoms with Gasteiger partial charge >= 0.3 is 0 Å². The van der Waals surface area contributed by atoms with Gasteiger partial charge in [0.1, 0.15) is 0 Å². The van der Waals surface area contributed by atoms with Crippen molar-refractivity contribution in [1.82, 2.24) is 0 Å². The summed E-state index contributed by atoms with van der Waals surface area (Å²) in [4.78, 5) is 0.276. The van der Waals surface area contributed by atoms with E-state index in [2.05, 4.69) is 41.3 Å². The molecule has 3 aromatic rings. The Balaban J connectivity index is 1.63. The second kappa shape index (κ2) is 6.40. The van der Waals surface area contributed by atoms with Gasteiger partial charge in [-0.2, -0.15) is 12.8 Å². The van der Waals surface area contributed by atoms with Gasteiger partial charge in [0.05, 0.1) is 23.3 Å². The predicted molar refractivity (Wildman–Crippen MR) is 110 cm³/mol. The zero-order valence-corrected chi connectivity index (χ0v) is 16.0. The molecule has 2 aliphatic heterocycles. The predicted octanol–water partition coefficient (Wildman–Crippen LogP) is 4.67. The highest BCUT2D eigenvalue weighted by atomic mass is 32.2. The summed E-state index contributed by atoms with van der Waals surface area (Å²) in [5, 5.41) is 2.29. The molecule has 28 heavy (non-hydrogen) atoms. The highest BCUT2D eigenvalue weighted by molar-refractivity contribution is 7.90. The molecule has 0 aliphatic carbocycles. The molecule has 0 bridgehead atoms. The smallest absolute Gasteiger partial charge is 0.283 e. The molecule has 0 saturated carbocycles. The highest BCUT2D eigenvalue weighted by Crippen LogP contribution is 2.41. The van der Waals surface area contributed by atoms with Crippen molar-refractivity contribution >= 4 is 26.5 Å². The van der Waals surface area contributed by atoms with E-state index in [1.54, 1.807) is 12.1 Å². The maximum absolute atomic E-state index is 12.6. The average molecular weight is 389 g/mol. The number of hydrogen-bond acceptors (Lipinski definition) is 3. The third kappa shape index (κ3) is 2.79. The molecule has 1 fully saturated rings. The van der Waals surface area contributed by atoms with Crippen molar-refractivity contribution < 1.29 is 13.2 Å². The van der Waals surface area contributed by atoms with Crippen LogP contribution in [0.4, 0.5) is 0 Å². The quantitative estimate of drug-likeness (QED) is 0.599. The molecular formula is C23H19NO3S. The molecule has 2 heterocycles. The van der Waals surface area contributed by atoms with Crippen molar-refractivity contribution in [3.8, 4) is 0 Å². The lowest BCUT2D eigenvalue weighted by atomic mass is 9.81. The molecule has 2 atom stereocenters. The van der Waals surface area contributed by atoms with Crippen molar-refractivity contribution in [2.75, 3.05) is 6.61 Å². The minimum Gasteiger partial charge on any atom is -0.368 e. The van der Waals surface area contributed by atoms with Gasteiger partial charge in [-0.15, -0.1) is 0 Å². The molecular weight excluding hydrogens is 370 g/mol. The Hall–Kier alpha value is -2.76. The van der Waals surface area contributed by atoms with Crippen LogP contribution in [0.5, 0.6) is 0 Å². The van der Waals surface area contributed by atoms with E-state index < -0.39 is 10.0 Å². The van der Waals surface area contributed by atoms with Gasteiger partial charge in [-0.05, 0) is 34.9 Å². The summed E-state index contributed by atoms with van der Waals surface area (Å²) in [6.45, 7) is 4.54. The van der Waals surface area contributed by atoms with E-state index in [1.165, 1.54) is 0 Å². The summed E-state index contributed by atoms with van der Waals surface area (Å²) >= 11 is 0. The molecule has 0 spiro atoms. The second-order valence-corrected chi connectivity index (χ2v) is 8.92. The van der Waals surface area contributed by atoms with E-state index in [0.717, 1.165) is 21.9 Å². The third-order valence-corrected chi connectivity index (χ3v) is 6.80. The van der Waals surface area contributed by atoms with Gasteiger partial charge < -0.3 is 4.74 Å². The average Bonchev–Trinajstić information content (AvgIpc) is 2.99. The number of sulfonamides is 1. The van der Waals surface area contributed by atoms with E-state index in [1.807, 2.05) is 24.3 Å². The maximum atomic E-state index is 12.6. The van der Waals surface area contributed by atoms with Crippen LogP contribution in [-0.2, 0) is 14.8 Å². The van der Waals surface area contributed by atoms with Gasteiger partial charge in [0.15, 0.2) is 0 Å². The Morgan fingerprint density at radius 2 is 1.71 bits per heavy atom. The van der Waals surface area contributed by atoms with Crippen LogP contribution in [0.15, 0.2) is 88.2 Å². The van der Waals surface area contributed by atoms with Crippen LogP contribution in [0, 0.1) is 5.92 Å². The Morgan fingerprint density at radius 1 is 0.964 bits per heavy atom. The van der Waals surface area contributed by atoms with E-state index >= 15 is 0 Å². The first-order valence-electron chi connectivity index (χ1n) is 9.24. The molecule has 0 aromatic heterocycles. The molecule has 0 radical (unpaired) electrons. The van der Waals surface area contributed by atoms with Crippen molar-refractivity contribution in [2.45, 2.75) is 17.4 Å². The molecule has 0 N–H and O–H groups in total. The molecule has 4 nitrogen and oxygen atoms in total. The number of benzene rings is 3. The topological polar surface area (TPSA) is 55.7 Å². The molecule has 0 amide bonds. The summed E-state index contributed by atoms with van der Waals surface area (Å²) in [6, 6.07) is 21.4. The fourth-order valence-electron chi connectivity index (χ4n) is 4.15. The van der Waals surface area contributed by atoms with Gasteiger partial charge in [0, 0.05) is 11.5 Å². The molecule has 140 valence electrons. The van der Waals surface area contributed by atoms with Gasteiger partial charge in [0.25, 0.3) is 10.0 Å². The lowest BCUT2D eigenvalue weighted by molar-refractivity contribution is 0.0211. The zero-order chi connectivity index (χ0) is 19.3. The van der Waals surface area contributed by atoms with Crippen LogP contribution >= 0.6 is 0 Å². The van der Waals surface area contributed by atoms with Gasteiger partial charge in [-0.1, -0.05) is 66.7 Å². The van der Waals surface area contributed by atoms with Crippen molar-refractivity contribution in [3.63, 3.8) is 0 Å². The monoisotopic (exact) mass is 389 g/mol. The minimum absolute atomic E-state index is 0.194. The fraction of sp³-hybridized carbons (Fsp3) is 0.174. The van der Waals surface area contributed by atoms with E-state index in [-0.39, 0.29) is 16.9 Å². The van der Waals surface area contributed by atoms with E-state index in [9.17, 15) is 8.42 Å². The van der Waals surface area contributed by atoms with Crippen LogP contribution < -0.4 is 0 Å². The number of fused-ring (bicyclic) bond motifs is 2. The zero-order valence-electron chi connectivity index (χ0n) is 15.2. The number of nitrogens with zero attached hydrogens (tertiary/aromatic N) is 1. The van der Waals surface area contributed by atoms with Gasteiger partial charge in [-0.3, -0.25) is 0 Å². The first-order chi connectivity index (χ1) is 13.5. The van der Waals surface area contributed by atoms with E-state index in [0.29, 0.717) is 24.3 Å². The number of hydrogen-bond donors (Lipinski definition) is 0. The Labute approximate surface area is 164 Å². The van der Waals surface area contributed by atoms with Crippen LogP contribution in [0.3, 0.4) is 0 Å². The molecule has 3 aromatic carbocycles. The number of ether oxygens (including phenoxy) is 1. The third-order valence-electron chi connectivity index (χ3n) is 5.45.